The first kappa shape index (κ1) is 25.4. The molecular weight excluding hydrogens is 448 g/mol. The van der Waals surface area contributed by atoms with Crippen LogP contribution >= 0.6 is 0 Å². The van der Waals surface area contributed by atoms with Gasteiger partial charge in [0.2, 0.25) is 5.91 Å². The lowest BCUT2D eigenvalue weighted by Crippen LogP contribution is -2.64. The summed E-state index contributed by atoms with van der Waals surface area (Å²) >= 11 is 0. The van der Waals surface area contributed by atoms with Crippen molar-refractivity contribution in [3.63, 3.8) is 0 Å². The van der Waals surface area contributed by atoms with Crippen molar-refractivity contribution in [2.75, 3.05) is 19.6 Å². The Morgan fingerprint density at radius 1 is 1.19 bits per heavy atom. The fourth-order valence-electron chi connectivity index (χ4n) is 7.43. The minimum atomic E-state index is 0.161. The Balaban J connectivity index is 1.21. The molecule has 3 aliphatic heterocycles. The van der Waals surface area contributed by atoms with Gasteiger partial charge in [-0.05, 0) is 95.9 Å². The van der Waals surface area contributed by atoms with Crippen molar-refractivity contribution in [1.82, 2.24) is 29.9 Å². The normalized spacial score (nSPS) is 26.5. The van der Waals surface area contributed by atoms with E-state index in [9.17, 15) is 4.79 Å². The monoisotopic (exact) mass is 492 g/mol. The van der Waals surface area contributed by atoms with E-state index in [-0.39, 0.29) is 5.91 Å². The van der Waals surface area contributed by atoms with Crippen LogP contribution < -0.4 is 5.32 Å². The van der Waals surface area contributed by atoms with Crippen LogP contribution in [0, 0.1) is 25.7 Å². The summed E-state index contributed by atoms with van der Waals surface area (Å²) in [5.41, 5.74) is 4.64. The highest BCUT2D eigenvalue weighted by Crippen LogP contribution is 2.43. The summed E-state index contributed by atoms with van der Waals surface area (Å²) in [5, 5.41) is 7.76. The Bertz CT molecular complexity index is 1020. The second-order valence-corrected chi connectivity index (χ2v) is 11.2. The number of hydrogen-bond acceptors (Lipinski definition) is 5. The highest BCUT2D eigenvalue weighted by molar-refractivity contribution is 5.75. The Kier molecular flexibility index (Phi) is 8.06. The Morgan fingerprint density at radius 2 is 2.03 bits per heavy atom. The average Bonchev–Trinajstić information content (AvgIpc) is 3.17. The number of nitrogens with one attached hydrogen (secondary N) is 1. The minimum Gasteiger partial charge on any atom is -0.352 e. The first-order chi connectivity index (χ1) is 17.5. The number of carbonyl (C=O) groups excluding carboxylic acids is 1. The molecule has 0 spiro atoms. The first-order valence-corrected chi connectivity index (χ1v) is 14.2. The largest absolute Gasteiger partial charge is 0.352 e. The molecule has 5 rings (SSSR count). The van der Waals surface area contributed by atoms with E-state index >= 15 is 0 Å². The lowest BCUT2D eigenvalue weighted by molar-refractivity contribution is -0.121. The van der Waals surface area contributed by atoms with Crippen LogP contribution in [0.2, 0.25) is 0 Å². The van der Waals surface area contributed by atoms with E-state index in [1.54, 1.807) is 0 Å². The maximum Gasteiger partial charge on any atom is 0.220 e. The molecule has 0 aliphatic carbocycles. The topological polar surface area (TPSA) is 66.3 Å². The van der Waals surface area contributed by atoms with Gasteiger partial charge in [0.05, 0.1) is 5.69 Å². The third-order valence-electron chi connectivity index (χ3n) is 9.08. The lowest BCUT2D eigenvalue weighted by Gasteiger charge is -2.57. The number of carbonyl (C=O) groups is 1. The molecule has 7 nitrogen and oxygen atoms in total. The molecule has 2 aromatic rings. The zero-order valence-electron chi connectivity index (χ0n) is 22.5. The second kappa shape index (κ2) is 11.4. The van der Waals surface area contributed by atoms with E-state index in [0.29, 0.717) is 19.0 Å². The number of hydrogen-bond donors (Lipinski definition) is 1. The summed E-state index contributed by atoms with van der Waals surface area (Å²) in [7, 11) is 0. The molecule has 7 heteroatoms. The van der Waals surface area contributed by atoms with Gasteiger partial charge in [0, 0.05) is 68.3 Å². The van der Waals surface area contributed by atoms with Crippen molar-refractivity contribution in [3.8, 4) is 0 Å². The summed E-state index contributed by atoms with van der Waals surface area (Å²) in [4.78, 5) is 22.7. The van der Waals surface area contributed by atoms with E-state index in [1.165, 1.54) is 50.9 Å². The molecule has 196 valence electrons. The van der Waals surface area contributed by atoms with Crippen molar-refractivity contribution >= 4 is 5.91 Å². The molecule has 3 aliphatic rings. The molecule has 5 heterocycles. The average molecular weight is 493 g/mol. The number of likely N-dealkylation sites (tertiary alicyclic amines) is 1. The van der Waals surface area contributed by atoms with Gasteiger partial charge in [0.25, 0.3) is 0 Å². The summed E-state index contributed by atoms with van der Waals surface area (Å²) in [6.45, 7) is 12.4. The quantitative estimate of drug-likeness (QED) is 0.572. The van der Waals surface area contributed by atoms with Gasteiger partial charge >= 0.3 is 0 Å². The van der Waals surface area contributed by atoms with Crippen molar-refractivity contribution in [1.29, 1.82) is 0 Å². The van der Waals surface area contributed by atoms with Crippen molar-refractivity contribution in [2.24, 2.45) is 11.8 Å². The van der Waals surface area contributed by atoms with Gasteiger partial charge in [0.1, 0.15) is 0 Å². The number of rotatable bonds is 9. The first-order valence-electron chi connectivity index (χ1n) is 14.2. The summed E-state index contributed by atoms with van der Waals surface area (Å²) < 4.78 is 2.02. The molecule has 0 saturated carbocycles. The summed E-state index contributed by atoms with van der Waals surface area (Å²) in [5.74, 6) is 1.67. The van der Waals surface area contributed by atoms with Gasteiger partial charge < -0.3 is 5.32 Å². The van der Waals surface area contributed by atoms with Crippen molar-refractivity contribution in [3.05, 3.63) is 47.0 Å². The second-order valence-electron chi connectivity index (χ2n) is 11.2. The SMILES string of the molecule is CCn1nc(C)c(CNC(=O)CCC[C@@H]2[C@H]3CCCN4CCC[C@@H](CN2Cc2cccnc2)[C@@H]34)c1C. The number of pyridine rings is 1. The maximum atomic E-state index is 12.8. The fourth-order valence-corrected chi connectivity index (χ4v) is 7.43. The van der Waals surface area contributed by atoms with Crippen molar-refractivity contribution in [2.45, 2.75) is 97.4 Å². The third-order valence-corrected chi connectivity index (χ3v) is 9.08. The number of aryl methyl sites for hydroxylation is 2. The maximum absolute atomic E-state index is 12.8. The van der Waals surface area contributed by atoms with E-state index in [2.05, 4.69) is 51.2 Å². The molecule has 0 unspecified atom stereocenters. The van der Waals surface area contributed by atoms with Crippen LogP contribution in [-0.4, -0.2) is 62.2 Å². The van der Waals surface area contributed by atoms with Crippen LogP contribution in [0.1, 0.15) is 74.4 Å². The van der Waals surface area contributed by atoms with Gasteiger partial charge in [0.15, 0.2) is 0 Å². The van der Waals surface area contributed by atoms with Gasteiger partial charge in [-0.15, -0.1) is 0 Å². The Hall–Kier alpha value is -2.25. The molecule has 0 bridgehead atoms. The highest BCUT2D eigenvalue weighted by atomic mass is 16.1. The van der Waals surface area contributed by atoms with Crippen LogP contribution in [0.25, 0.3) is 0 Å². The molecule has 3 fully saturated rings. The standard InChI is InChI=1S/C29H44N6O/c1-4-35-22(3)26(21(2)32-35)18-31-28(36)13-5-12-27-25-11-8-16-33-15-7-10-24(29(25)33)20-34(27)19-23-9-6-14-30-17-23/h6,9,14,17,24-25,27,29H,4-5,7-8,10-13,15-16,18-20H2,1-3H3,(H,31,36)/t24-,25+,27+,29-/m0/s1. The molecule has 1 N–H and O–H groups in total. The molecular formula is C29H44N6O. The lowest BCUT2D eigenvalue weighted by atomic mass is 9.69. The molecule has 4 atom stereocenters. The van der Waals surface area contributed by atoms with E-state index in [1.807, 2.05) is 24.0 Å². The number of aromatic nitrogens is 3. The predicted molar refractivity (Wildman–Crippen MR) is 142 cm³/mol. The van der Waals surface area contributed by atoms with Crippen LogP contribution in [-0.2, 0) is 24.4 Å². The van der Waals surface area contributed by atoms with Gasteiger partial charge in [-0.3, -0.25) is 24.3 Å². The van der Waals surface area contributed by atoms with Crippen molar-refractivity contribution < 1.29 is 4.79 Å². The smallest absolute Gasteiger partial charge is 0.220 e. The van der Waals surface area contributed by atoms with Crippen LogP contribution in [0.3, 0.4) is 0 Å². The third kappa shape index (κ3) is 5.37. The molecule has 0 radical (unpaired) electrons. The van der Waals surface area contributed by atoms with E-state index in [4.69, 9.17) is 0 Å². The zero-order valence-corrected chi connectivity index (χ0v) is 22.5. The molecule has 36 heavy (non-hydrogen) atoms. The van der Waals surface area contributed by atoms with Gasteiger partial charge in [-0.2, -0.15) is 5.10 Å². The van der Waals surface area contributed by atoms with E-state index < -0.39 is 0 Å². The predicted octanol–water partition coefficient (Wildman–Crippen LogP) is 4.08. The molecule has 0 aromatic carbocycles. The van der Waals surface area contributed by atoms with Gasteiger partial charge in [-0.1, -0.05) is 6.07 Å². The van der Waals surface area contributed by atoms with E-state index in [0.717, 1.165) is 60.8 Å². The molecule has 3 saturated heterocycles. The highest BCUT2D eigenvalue weighted by Gasteiger charge is 2.48. The molecule has 2 aromatic heterocycles. The van der Waals surface area contributed by atoms with Crippen LogP contribution in [0.4, 0.5) is 0 Å². The number of amides is 1. The minimum absolute atomic E-state index is 0.161. The number of piperidine rings is 3. The summed E-state index contributed by atoms with van der Waals surface area (Å²) in [6, 6.07) is 5.56. The van der Waals surface area contributed by atoms with Gasteiger partial charge in [-0.25, -0.2) is 0 Å². The van der Waals surface area contributed by atoms with Crippen LogP contribution in [0.15, 0.2) is 24.5 Å². The Morgan fingerprint density at radius 3 is 2.78 bits per heavy atom. The Labute approximate surface area is 216 Å². The fraction of sp³-hybridized carbons (Fsp3) is 0.690. The summed E-state index contributed by atoms with van der Waals surface area (Å²) in [6.07, 6.45) is 11.9. The molecule has 1 amide bonds. The zero-order chi connectivity index (χ0) is 25.1. The van der Waals surface area contributed by atoms with Crippen LogP contribution in [0.5, 0.6) is 0 Å². The number of nitrogens with zero attached hydrogens (tertiary/aromatic N) is 5.